The highest BCUT2D eigenvalue weighted by Crippen LogP contribution is 2.49. The average Bonchev–Trinajstić information content (AvgIpc) is 3.63. The highest BCUT2D eigenvalue weighted by Gasteiger charge is 2.50. The highest BCUT2D eigenvalue weighted by atomic mass is 16.7. The molecule has 4 aromatic rings. The Morgan fingerprint density at radius 1 is 0.933 bits per heavy atom. The maximum Gasteiger partial charge on any atom is 0.410 e. The smallest absolute Gasteiger partial charge is 0.410 e. The molecular formula is C56H72N4O15. The predicted molar refractivity (Wildman–Crippen MR) is 281 cm³/mol. The van der Waals surface area contributed by atoms with Crippen LogP contribution in [0.5, 0.6) is 17.2 Å². The lowest BCUT2D eigenvalue weighted by molar-refractivity contribution is -0.160. The fraction of sp³-hybridized carbons (Fsp3) is 0.536. The Kier molecular flexibility index (Phi) is 17.0. The number of carbonyl (C=O) groups excluding carboxylic acids is 4. The van der Waals surface area contributed by atoms with Crippen LogP contribution in [0.4, 0.5) is 10.5 Å². The number of fused-ring (bicyclic) bond motifs is 2. The van der Waals surface area contributed by atoms with Gasteiger partial charge in [-0.15, -0.1) is 0 Å². The number of nitrogens with one attached hydrogen (secondary N) is 1. The number of aromatic nitrogens is 1. The van der Waals surface area contributed by atoms with Crippen LogP contribution >= 0.6 is 0 Å². The van der Waals surface area contributed by atoms with Gasteiger partial charge >= 0.3 is 17.8 Å². The van der Waals surface area contributed by atoms with Crippen molar-refractivity contribution in [3.05, 3.63) is 75.7 Å². The number of amides is 2. The molecule has 9 atom stereocenters. The number of esters is 1. The van der Waals surface area contributed by atoms with Gasteiger partial charge in [-0.05, 0) is 72.2 Å². The molecule has 1 fully saturated rings. The molecule has 4 N–H and O–H groups in total. The van der Waals surface area contributed by atoms with E-state index < -0.39 is 88.3 Å². The summed E-state index contributed by atoms with van der Waals surface area (Å²) in [6.07, 6.45) is 4.68. The van der Waals surface area contributed by atoms with Crippen LogP contribution < -0.4 is 20.2 Å². The maximum atomic E-state index is 14.9. The normalized spacial score (nSPS) is 27.9. The minimum absolute atomic E-state index is 0.0295. The Morgan fingerprint density at radius 2 is 1.64 bits per heavy atom. The quantitative estimate of drug-likeness (QED) is 0.0434. The Labute approximate surface area is 436 Å². The average molecular weight is 1040 g/mol. The lowest BCUT2D eigenvalue weighted by Crippen LogP contribution is -2.50. The third kappa shape index (κ3) is 11.8. The van der Waals surface area contributed by atoms with E-state index in [0.717, 1.165) is 13.0 Å². The number of anilines is 1. The lowest BCUT2D eigenvalue weighted by atomic mass is 9.78. The van der Waals surface area contributed by atoms with Gasteiger partial charge in [-0.2, -0.15) is 0 Å². The van der Waals surface area contributed by atoms with E-state index in [9.17, 15) is 39.3 Å². The second kappa shape index (κ2) is 22.7. The van der Waals surface area contributed by atoms with Gasteiger partial charge in [0.05, 0.1) is 42.1 Å². The monoisotopic (exact) mass is 1040 g/mol. The summed E-state index contributed by atoms with van der Waals surface area (Å²) in [5.74, 6) is -7.12. The summed E-state index contributed by atoms with van der Waals surface area (Å²) in [4.78, 5) is 77.7. The van der Waals surface area contributed by atoms with Crippen molar-refractivity contribution >= 4 is 62.4 Å². The Morgan fingerprint density at radius 3 is 2.31 bits per heavy atom. The minimum Gasteiger partial charge on any atom is -0.505 e. The van der Waals surface area contributed by atoms with Crippen molar-refractivity contribution in [3.8, 4) is 17.2 Å². The van der Waals surface area contributed by atoms with Crippen LogP contribution in [-0.2, 0) is 28.5 Å². The Hall–Kier alpha value is -6.54. The van der Waals surface area contributed by atoms with Crippen LogP contribution in [0.15, 0.2) is 63.6 Å². The topological polar surface area (TPSA) is 246 Å². The van der Waals surface area contributed by atoms with E-state index in [1.165, 1.54) is 53.2 Å². The molecule has 0 saturated carbocycles. The molecule has 19 heteroatoms. The molecule has 1 saturated heterocycles. The molecular weight excluding hydrogens is 969 g/mol. The number of benzene rings is 3. The summed E-state index contributed by atoms with van der Waals surface area (Å²) in [6.45, 7) is 21.7. The van der Waals surface area contributed by atoms with Crippen molar-refractivity contribution in [1.29, 1.82) is 0 Å². The SMILES string of the molecule is CO[C@H]1/C=C/O[C@@]2(C)Oc3c(C)c(=O)c4c(O)c(c5oc6cccc(OCCCCN7CCN(C(=O)OC(C)(C)C)CC7)c6nc5c4c3C2=O)NC(=O)/C(C)=C\C=C\[C@H](C)[C@H](O)[C@@H](C)[C@@H](O)[C@@H](C)[C@H](OC(C)=O)[C@@H]1C. The van der Waals surface area contributed by atoms with E-state index in [-0.39, 0.29) is 67.2 Å². The molecule has 406 valence electrons. The first-order chi connectivity index (χ1) is 35.4. The number of aliphatic hydroxyl groups is 2. The van der Waals surface area contributed by atoms with Gasteiger partial charge in [0, 0.05) is 87.3 Å². The number of aromatic hydroxyl groups is 1. The van der Waals surface area contributed by atoms with Crippen LogP contribution in [0.1, 0.15) is 98.0 Å². The second-order valence-electron chi connectivity index (χ2n) is 21.2. The summed E-state index contributed by atoms with van der Waals surface area (Å²) < 4.78 is 42.4. The van der Waals surface area contributed by atoms with E-state index in [0.29, 0.717) is 45.0 Å². The molecule has 0 aliphatic carbocycles. The Bertz CT molecular complexity index is 2990. The summed E-state index contributed by atoms with van der Waals surface area (Å²) in [7, 11) is 1.44. The fourth-order valence-corrected chi connectivity index (χ4v) is 10.0. The molecule has 4 heterocycles. The van der Waals surface area contributed by atoms with E-state index in [1.54, 1.807) is 62.9 Å². The summed E-state index contributed by atoms with van der Waals surface area (Å²) >= 11 is 0. The second-order valence-corrected chi connectivity index (χ2v) is 21.2. The van der Waals surface area contributed by atoms with Crippen LogP contribution in [0.2, 0.25) is 0 Å². The van der Waals surface area contributed by atoms with E-state index in [4.69, 9.17) is 37.8 Å². The number of ether oxygens (including phenoxy) is 6. The van der Waals surface area contributed by atoms with Crippen molar-refractivity contribution in [3.63, 3.8) is 0 Å². The largest absolute Gasteiger partial charge is 0.505 e. The molecule has 19 nitrogen and oxygen atoms in total. The van der Waals surface area contributed by atoms with E-state index in [1.807, 2.05) is 20.8 Å². The zero-order valence-electron chi connectivity index (χ0n) is 45.0. The van der Waals surface area contributed by atoms with E-state index in [2.05, 4.69) is 10.2 Å². The number of phenols is 1. The third-order valence-corrected chi connectivity index (χ3v) is 14.5. The minimum atomic E-state index is -2.08. The van der Waals surface area contributed by atoms with Crippen LogP contribution in [0.25, 0.3) is 33.0 Å². The molecule has 0 unspecified atom stereocenters. The van der Waals surface area contributed by atoms with Crippen LogP contribution in [-0.4, -0.2) is 136 Å². The van der Waals surface area contributed by atoms with Gasteiger partial charge in [-0.25, -0.2) is 9.78 Å². The number of carbonyl (C=O) groups is 4. The molecule has 3 aromatic carbocycles. The maximum absolute atomic E-state index is 14.9. The Balaban J connectivity index is 1.28. The number of aliphatic hydroxyl groups excluding tert-OH is 2. The molecule has 3 aliphatic rings. The van der Waals surface area contributed by atoms with Crippen molar-refractivity contribution in [2.75, 3.05) is 51.8 Å². The molecule has 7 rings (SSSR count). The number of hydrogen-bond donors (Lipinski definition) is 4. The molecule has 75 heavy (non-hydrogen) atoms. The summed E-state index contributed by atoms with van der Waals surface area (Å²) in [6, 6.07) is 5.05. The van der Waals surface area contributed by atoms with Crippen molar-refractivity contribution < 1.29 is 67.3 Å². The van der Waals surface area contributed by atoms with Gasteiger partial charge in [-0.1, -0.05) is 52.0 Å². The standard InChI is InChI=1S/C56H72N4O15/c1-29-17-15-18-30(2)53(67)58-44-48(65)40-39(43-51(44)73-38-20-16-19-37(42(38)57-43)70-27-14-13-22-59-23-25-60(26-24-59)54(68)75-55(8,9)10)41-50(34(6)47(40)64)74-56(11,52(41)66)71-28-21-36(69-12)31(3)49(72-35(7)61)33(5)46(63)32(4)45(29)62/h15-21,28-29,31-33,36,45-46,49,62-63,65H,13-14,22-27H2,1-12H3,(H,58,67)/b17-15+,28-21+,30-18-/t29-,31+,32+,33+,36-,45-,46+,49+,56-/m0/s1. The number of hydrogen-bond acceptors (Lipinski definition) is 17. The third-order valence-electron chi connectivity index (χ3n) is 14.5. The molecule has 3 aliphatic heterocycles. The highest BCUT2D eigenvalue weighted by molar-refractivity contribution is 6.26. The van der Waals surface area contributed by atoms with Crippen LogP contribution in [0, 0.1) is 30.6 Å². The van der Waals surface area contributed by atoms with Gasteiger partial charge in [-0.3, -0.25) is 24.1 Å². The number of Topliss-reactive ketones (excluding diaryl/α,β-unsaturated/α-hetero) is 1. The zero-order valence-corrected chi connectivity index (χ0v) is 45.0. The van der Waals surface area contributed by atoms with Gasteiger partial charge < -0.3 is 58.4 Å². The van der Waals surface area contributed by atoms with Gasteiger partial charge in [0.1, 0.15) is 39.9 Å². The first-order valence-corrected chi connectivity index (χ1v) is 25.6. The lowest BCUT2D eigenvalue weighted by Gasteiger charge is -2.38. The van der Waals surface area contributed by atoms with Crippen molar-refractivity contribution in [2.45, 2.75) is 125 Å². The number of ketones is 1. The number of phenolic OH excluding ortho intramolecular Hbond substituents is 1. The molecule has 4 bridgehead atoms. The number of para-hydroxylation sites is 1. The number of piperazine rings is 1. The number of unbranched alkanes of at least 4 members (excludes halogenated alkanes) is 1. The fourth-order valence-electron chi connectivity index (χ4n) is 10.0. The van der Waals surface area contributed by atoms with Crippen molar-refractivity contribution in [1.82, 2.24) is 14.8 Å². The zero-order chi connectivity index (χ0) is 54.8. The summed E-state index contributed by atoms with van der Waals surface area (Å²) in [5, 5.41) is 37.6. The molecule has 1 aromatic heterocycles. The number of nitrogens with zero attached hydrogens (tertiary/aromatic N) is 3. The van der Waals surface area contributed by atoms with Gasteiger partial charge in [0.25, 0.3) is 11.7 Å². The molecule has 0 radical (unpaired) electrons. The first-order valence-electron chi connectivity index (χ1n) is 25.6. The number of methoxy groups -OCH3 is 1. The van der Waals surface area contributed by atoms with Gasteiger partial charge in [0.2, 0.25) is 0 Å². The summed E-state index contributed by atoms with van der Waals surface area (Å²) in [5.41, 5.74) is -1.35. The number of allylic oxidation sites excluding steroid dienone is 2. The molecule has 2 amide bonds. The predicted octanol–water partition coefficient (Wildman–Crippen LogP) is 7.71. The van der Waals surface area contributed by atoms with Gasteiger partial charge in [0.15, 0.2) is 22.3 Å². The van der Waals surface area contributed by atoms with Crippen LogP contribution in [0.3, 0.4) is 0 Å². The van der Waals surface area contributed by atoms with Crippen molar-refractivity contribution in [2.24, 2.45) is 23.7 Å². The number of rotatable bonds is 8. The van der Waals surface area contributed by atoms with E-state index >= 15 is 0 Å². The first kappa shape index (κ1) is 56.2. The molecule has 0 spiro atoms.